The highest BCUT2D eigenvalue weighted by atomic mass is 19.1. The molecule has 6 rings (SSSR count). The maximum atomic E-state index is 14.9. The van der Waals surface area contributed by atoms with Gasteiger partial charge in [-0.25, -0.2) is 13.9 Å². The Bertz CT molecular complexity index is 1870. The standard InChI is InChI=1S/C39H39FN4O4/c1-39(2,3)35(28-14-8-5-9-15-28)33-25-42(38(46)47)22-23-43(33)37(45)31-24-41-44(36(31)29-18-20-30(40)21-19-29)32-16-10-11-17-34(32)48-26-27-12-6-4-7-13-27/h4-21,24,33,35H,22-23,25-26H2,1-3H3,(H,46,47). The number of hydrogen-bond acceptors (Lipinski definition) is 4. The second kappa shape index (κ2) is 13.7. The van der Waals surface area contributed by atoms with Crippen LogP contribution in [0.25, 0.3) is 16.9 Å². The zero-order valence-corrected chi connectivity index (χ0v) is 27.3. The van der Waals surface area contributed by atoms with E-state index < -0.39 is 18.0 Å². The fraction of sp³-hybridized carbons (Fsp3) is 0.256. The number of rotatable bonds is 8. The number of carbonyl (C=O) groups excluding carboxylic acids is 1. The molecule has 2 atom stereocenters. The highest BCUT2D eigenvalue weighted by Gasteiger charge is 2.43. The van der Waals surface area contributed by atoms with E-state index in [0.29, 0.717) is 34.9 Å². The Morgan fingerprint density at radius 1 is 0.896 bits per heavy atom. The van der Waals surface area contributed by atoms with E-state index in [2.05, 4.69) is 20.8 Å². The Labute approximate surface area is 280 Å². The Hall–Kier alpha value is -5.44. The van der Waals surface area contributed by atoms with E-state index in [-0.39, 0.29) is 36.9 Å². The van der Waals surface area contributed by atoms with Gasteiger partial charge in [-0.1, -0.05) is 93.6 Å². The van der Waals surface area contributed by atoms with Crippen LogP contribution >= 0.6 is 0 Å². The zero-order chi connectivity index (χ0) is 33.8. The van der Waals surface area contributed by atoms with Gasteiger partial charge in [0.05, 0.1) is 23.5 Å². The van der Waals surface area contributed by atoms with Crippen molar-refractivity contribution >= 4 is 12.0 Å². The van der Waals surface area contributed by atoms with Crippen LogP contribution in [0.5, 0.6) is 5.75 Å². The molecular weight excluding hydrogens is 607 g/mol. The van der Waals surface area contributed by atoms with Crippen LogP contribution < -0.4 is 4.74 Å². The predicted molar refractivity (Wildman–Crippen MR) is 183 cm³/mol. The van der Waals surface area contributed by atoms with E-state index in [0.717, 1.165) is 11.1 Å². The van der Waals surface area contributed by atoms with Crippen LogP contribution in [0.4, 0.5) is 9.18 Å². The second-order valence-corrected chi connectivity index (χ2v) is 13.1. The van der Waals surface area contributed by atoms with E-state index in [1.807, 2.05) is 84.9 Å². The van der Waals surface area contributed by atoms with Crippen molar-refractivity contribution in [2.75, 3.05) is 19.6 Å². The minimum absolute atomic E-state index is 0.161. The number of carbonyl (C=O) groups is 2. The first-order valence-electron chi connectivity index (χ1n) is 16.1. The molecule has 0 aliphatic carbocycles. The van der Waals surface area contributed by atoms with Crippen molar-refractivity contribution in [3.05, 3.63) is 138 Å². The van der Waals surface area contributed by atoms with E-state index in [4.69, 9.17) is 9.84 Å². The molecule has 1 aliphatic heterocycles. The molecule has 1 aliphatic rings. The van der Waals surface area contributed by atoms with Crippen molar-refractivity contribution in [3.8, 4) is 22.7 Å². The summed E-state index contributed by atoms with van der Waals surface area (Å²) in [6, 6.07) is 32.8. The van der Waals surface area contributed by atoms with Crippen molar-refractivity contribution in [2.45, 2.75) is 39.3 Å². The van der Waals surface area contributed by atoms with Gasteiger partial charge < -0.3 is 19.6 Å². The smallest absolute Gasteiger partial charge is 0.407 e. The molecule has 1 fully saturated rings. The van der Waals surface area contributed by atoms with Gasteiger partial charge in [0.2, 0.25) is 0 Å². The van der Waals surface area contributed by atoms with E-state index in [9.17, 15) is 19.1 Å². The minimum atomic E-state index is -1.01. The predicted octanol–water partition coefficient (Wildman–Crippen LogP) is 7.89. The summed E-state index contributed by atoms with van der Waals surface area (Å²) in [5.41, 5.74) is 3.75. The van der Waals surface area contributed by atoms with Crippen molar-refractivity contribution in [2.24, 2.45) is 5.41 Å². The highest BCUT2D eigenvalue weighted by Crippen LogP contribution is 2.42. The Morgan fingerprint density at radius 2 is 1.54 bits per heavy atom. The molecule has 8 nitrogen and oxygen atoms in total. The molecule has 9 heteroatoms. The van der Waals surface area contributed by atoms with Gasteiger partial charge in [0.1, 0.15) is 23.9 Å². The summed E-state index contributed by atoms with van der Waals surface area (Å²) < 4.78 is 22.1. The molecule has 0 radical (unpaired) electrons. The van der Waals surface area contributed by atoms with Gasteiger partial charge in [-0.3, -0.25) is 4.79 Å². The fourth-order valence-corrected chi connectivity index (χ4v) is 6.70. The summed E-state index contributed by atoms with van der Waals surface area (Å²) in [5.74, 6) is -0.286. The van der Waals surface area contributed by atoms with E-state index in [1.54, 1.807) is 27.9 Å². The van der Waals surface area contributed by atoms with Crippen molar-refractivity contribution in [1.29, 1.82) is 0 Å². The lowest BCUT2D eigenvalue weighted by atomic mass is 9.71. The third-order valence-corrected chi connectivity index (χ3v) is 8.87. The van der Waals surface area contributed by atoms with Gasteiger partial charge in [-0.05, 0) is 52.9 Å². The summed E-state index contributed by atoms with van der Waals surface area (Å²) in [7, 11) is 0. The van der Waals surface area contributed by atoms with Gasteiger partial charge in [-0.2, -0.15) is 5.10 Å². The third-order valence-electron chi connectivity index (χ3n) is 8.87. The van der Waals surface area contributed by atoms with Gasteiger partial charge in [0.15, 0.2) is 0 Å². The normalized spacial score (nSPS) is 15.6. The molecule has 4 aromatic carbocycles. The van der Waals surface area contributed by atoms with Crippen LogP contribution in [-0.4, -0.2) is 62.4 Å². The highest BCUT2D eigenvalue weighted by molar-refractivity contribution is 6.00. The van der Waals surface area contributed by atoms with Gasteiger partial charge in [0.25, 0.3) is 5.91 Å². The lowest BCUT2D eigenvalue weighted by Crippen LogP contribution is -2.59. The summed E-state index contributed by atoms with van der Waals surface area (Å²) in [4.78, 5) is 30.3. The Balaban J connectivity index is 1.45. The second-order valence-electron chi connectivity index (χ2n) is 13.1. The Kier molecular flexibility index (Phi) is 9.30. The van der Waals surface area contributed by atoms with Crippen LogP contribution in [0.15, 0.2) is 115 Å². The number of para-hydroxylation sites is 2. The first-order chi connectivity index (χ1) is 23.1. The summed E-state index contributed by atoms with van der Waals surface area (Å²) >= 11 is 0. The summed E-state index contributed by atoms with van der Waals surface area (Å²) in [5, 5.41) is 14.7. The molecule has 5 aromatic rings. The van der Waals surface area contributed by atoms with Gasteiger partial charge in [-0.15, -0.1) is 0 Å². The number of amides is 2. The van der Waals surface area contributed by atoms with Crippen LogP contribution in [0.3, 0.4) is 0 Å². The first-order valence-corrected chi connectivity index (χ1v) is 16.1. The molecule has 2 amide bonds. The molecule has 2 heterocycles. The average Bonchev–Trinajstić information content (AvgIpc) is 3.53. The van der Waals surface area contributed by atoms with Crippen molar-refractivity contribution in [1.82, 2.24) is 19.6 Å². The largest absolute Gasteiger partial charge is 0.487 e. The van der Waals surface area contributed by atoms with Crippen molar-refractivity contribution in [3.63, 3.8) is 0 Å². The maximum absolute atomic E-state index is 14.9. The third kappa shape index (κ3) is 6.81. The fourth-order valence-electron chi connectivity index (χ4n) is 6.70. The monoisotopic (exact) mass is 646 g/mol. The lowest BCUT2D eigenvalue weighted by molar-refractivity contribution is 0.0283. The quantitative estimate of drug-likeness (QED) is 0.185. The number of piperazine rings is 1. The average molecular weight is 647 g/mol. The van der Waals surface area contributed by atoms with Gasteiger partial charge in [0, 0.05) is 31.1 Å². The summed E-state index contributed by atoms with van der Waals surface area (Å²) in [6.07, 6.45) is 0.532. The number of hydrogen-bond donors (Lipinski definition) is 1. The van der Waals surface area contributed by atoms with Crippen LogP contribution in [0.1, 0.15) is 48.2 Å². The molecule has 0 spiro atoms. The number of nitrogens with zero attached hydrogens (tertiary/aromatic N) is 4. The lowest BCUT2D eigenvalue weighted by Gasteiger charge is -2.48. The van der Waals surface area contributed by atoms with Crippen molar-refractivity contribution < 1.29 is 23.8 Å². The van der Waals surface area contributed by atoms with E-state index >= 15 is 0 Å². The summed E-state index contributed by atoms with van der Waals surface area (Å²) in [6.45, 7) is 7.22. The van der Waals surface area contributed by atoms with Crippen LogP contribution in [-0.2, 0) is 6.61 Å². The van der Waals surface area contributed by atoms with Gasteiger partial charge >= 0.3 is 6.09 Å². The Morgan fingerprint density at radius 3 is 2.21 bits per heavy atom. The number of aromatic nitrogens is 2. The first kappa shape index (κ1) is 32.5. The molecule has 2 unspecified atom stereocenters. The maximum Gasteiger partial charge on any atom is 0.407 e. The zero-order valence-electron chi connectivity index (χ0n) is 27.3. The molecule has 0 bridgehead atoms. The molecule has 1 saturated heterocycles. The van der Waals surface area contributed by atoms with E-state index in [1.165, 1.54) is 17.0 Å². The number of ether oxygens (including phenoxy) is 1. The minimum Gasteiger partial charge on any atom is -0.487 e. The SMILES string of the molecule is CC(C)(C)C(c1ccccc1)C1CN(C(=O)O)CCN1C(=O)c1cnn(-c2ccccc2OCc2ccccc2)c1-c1ccc(F)cc1. The molecule has 0 saturated carbocycles. The molecule has 1 aromatic heterocycles. The number of benzene rings is 4. The molecular formula is C39H39FN4O4. The number of halogens is 1. The molecule has 1 N–H and O–H groups in total. The van der Waals surface area contributed by atoms with Crippen LogP contribution in [0.2, 0.25) is 0 Å². The van der Waals surface area contributed by atoms with Crippen LogP contribution in [0, 0.1) is 11.2 Å². The number of carboxylic acid groups (broad SMARTS) is 1. The molecule has 246 valence electrons. The molecule has 48 heavy (non-hydrogen) atoms. The topological polar surface area (TPSA) is 87.9 Å².